The van der Waals surface area contributed by atoms with Crippen molar-refractivity contribution >= 4 is 23.6 Å². The molecule has 1 fully saturated rings. The molecule has 0 bridgehead atoms. The summed E-state index contributed by atoms with van der Waals surface area (Å²) in [6, 6.07) is 2.25. The first-order valence-corrected chi connectivity index (χ1v) is 5.48. The van der Waals surface area contributed by atoms with Crippen molar-refractivity contribution in [2.45, 2.75) is 0 Å². The second-order valence-electron chi connectivity index (χ2n) is 4.12. The monoisotopic (exact) mass is 261 g/mol. The number of Topliss-reactive ketones (excluding diaryl/α,β-unsaturated/α-hetero) is 1. The van der Waals surface area contributed by atoms with Crippen LogP contribution in [-0.4, -0.2) is 52.5 Å². The summed E-state index contributed by atoms with van der Waals surface area (Å²) in [6.07, 6.45) is 2.75. The van der Waals surface area contributed by atoms with Gasteiger partial charge in [-0.15, -0.1) is 0 Å². The minimum Gasteiger partial charge on any atom is -0.293 e. The maximum absolute atomic E-state index is 12.2. The van der Waals surface area contributed by atoms with E-state index in [4.69, 9.17) is 0 Å². The summed E-state index contributed by atoms with van der Waals surface area (Å²) >= 11 is 0. The van der Waals surface area contributed by atoms with Crippen LogP contribution in [-0.2, 0) is 9.59 Å². The third kappa shape index (κ3) is 1.99. The molecule has 2 rings (SSSR count). The number of carbonyl (C=O) groups is 4. The second kappa shape index (κ2) is 4.60. The average molecular weight is 261 g/mol. The molecule has 7 nitrogen and oxygen atoms in total. The summed E-state index contributed by atoms with van der Waals surface area (Å²) < 4.78 is 0. The fraction of sp³-hybridized carbons (Fsp3) is 0.250. The van der Waals surface area contributed by atoms with Crippen molar-refractivity contribution in [3.05, 3.63) is 30.1 Å². The number of rotatable bonds is 2. The molecule has 0 atom stereocenters. The van der Waals surface area contributed by atoms with Gasteiger partial charge in [-0.2, -0.15) is 0 Å². The summed E-state index contributed by atoms with van der Waals surface area (Å²) in [5.41, 5.74) is 0.158. The molecule has 1 aromatic rings. The summed E-state index contributed by atoms with van der Waals surface area (Å²) in [6.45, 7) is 0. The third-order valence-electron chi connectivity index (χ3n) is 2.94. The van der Waals surface area contributed by atoms with E-state index in [1.807, 2.05) is 0 Å². The van der Waals surface area contributed by atoms with Crippen LogP contribution in [0.5, 0.6) is 0 Å². The molecule has 1 aromatic heterocycles. The number of aromatic nitrogens is 1. The van der Waals surface area contributed by atoms with Crippen LogP contribution in [0.25, 0.3) is 0 Å². The molecule has 19 heavy (non-hydrogen) atoms. The number of imide groups is 2. The Hall–Kier alpha value is -2.57. The predicted octanol–water partition coefficient (Wildman–Crippen LogP) is -0.0691. The fourth-order valence-electron chi connectivity index (χ4n) is 1.81. The van der Waals surface area contributed by atoms with Gasteiger partial charge in [0.1, 0.15) is 0 Å². The highest BCUT2D eigenvalue weighted by Gasteiger charge is 2.46. The lowest BCUT2D eigenvalue weighted by molar-refractivity contribution is -0.145. The number of pyridine rings is 1. The van der Waals surface area contributed by atoms with Crippen molar-refractivity contribution in [3.8, 4) is 0 Å². The zero-order valence-electron chi connectivity index (χ0n) is 10.4. The number of hydrogen-bond donors (Lipinski definition) is 0. The normalized spacial score (nSPS) is 17.1. The summed E-state index contributed by atoms with van der Waals surface area (Å²) in [5, 5.41) is 0. The van der Waals surface area contributed by atoms with Gasteiger partial charge < -0.3 is 0 Å². The molecule has 0 aromatic carbocycles. The molecule has 0 saturated carbocycles. The largest absolute Gasteiger partial charge is 0.332 e. The SMILES string of the molecule is CN1C(=O)C(C(=O)c2cccnc2)C(=O)N(C)C1=O. The first-order valence-electron chi connectivity index (χ1n) is 5.48. The molecule has 7 heteroatoms. The van der Waals surface area contributed by atoms with E-state index < -0.39 is 29.5 Å². The first kappa shape index (κ1) is 12.9. The van der Waals surface area contributed by atoms with E-state index in [2.05, 4.69) is 4.98 Å². The van der Waals surface area contributed by atoms with Gasteiger partial charge in [0.2, 0.25) is 0 Å². The Morgan fingerprint density at radius 1 is 1.16 bits per heavy atom. The van der Waals surface area contributed by atoms with Crippen LogP contribution < -0.4 is 0 Å². The Bertz CT molecular complexity index is 546. The Labute approximate surface area is 108 Å². The van der Waals surface area contributed by atoms with E-state index in [1.165, 1.54) is 38.6 Å². The molecule has 1 saturated heterocycles. The minimum absolute atomic E-state index is 0.158. The molecule has 98 valence electrons. The van der Waals surface area contributed by atoms with Crippen molar-refractivity contribution < 1.29 is 19.2 Å². The van der Waals surface area contributed by atoms with Gasteiger partial charge in [-0.1, -0.05) is 0 Å². The second-order valence-corrected chi connectivity index (χ2v) is 4.12. The van der Waals surface area contributed by atoms with Crippen LogP contribution in [0.2, 0.25) is 0 Å². The number of urea groups is 1. The van der Waals surface area contributed by atoms with Crippen molar-refractivity contribution in [1.29, 1.82) is 0 Å². The Morgan fingerprint density at radius 3 is 2.21 bits per heavy atom. The first-order chi connectivity index (χ1) is 8.95. The van der Waals surface area contributed by atoms with E-state index in [0.29, 0.717) is 0 Å². The van der Waals surface area contributed by atoms with Crippen LogP contribution in [0.15, 0.2) is 24.5 Å². The molecule has 0 spiro atoms. The Morgan fingerprint density at radius 2 is 1.74 bits per heavy atom. The van der Waals surface area contributed by atoms with Gasteiger partial charge in [0.25, 0.3) is 11.8 Å². The van der Waals surface area contributed by atoms with E-state index in [0.717, 1.165) is 9.80 Å². The Kier molecular flexibility index (Phi) is 3.12. The molecule has 0 N–H and O–H groups in total. The molecule has 4 amide bonds. The van der Waals surface area contributed by atoms with Gasteiger partial charge in [0.05, 0.1) is 0 Å². The van der Waals surface area contributed by atoms with Crippen LogP contribution in [0.3, 0.4) is 0 Å². The summed E-state index contributed by atoms with van der Waals surface area (Å²) in [5.74, 6) is -3.81. The molecule has 0 radical (unpaired) electrons. The molecule has 1 aliphatic heterocycles. The van der Waals surface area contributed by atoms with Gasteiger partial charge >= 0.3 is 6.03 Å². The highest BCUT2D eigenvalue weighted by molar-refractivity contribution is 6.29. The quantitative estimate of drug-likeness (QED) is 0.549. The zero-order valence-corrected chi connectivity index (χ0v) is 10.4. The number of barbiturate groups is 1. The van der Waals surface area contributed by atoms with Gasteiger partial charge in [-0.05, 0) is 12.1 Å². The van der Waals surface area contributed by atoms with Gasteiger partial charge in [0.15, 0.2) is 11.7 Å². The van der Waals surface area contributed by atoms with Crippen LogP contribution in [0.4, 0.5) is 4.79 Å². The standard InChI is InChI=1S/C12H11N3O4/c1-14-10(17)8(11(18)15(2)12(14)19)9(16)7-4-3-5-13-6-7/h3-6,8H,1-2H3. The number of carbonyl (C=O) groups excluding carboxylic acids is 4. The lowest BCUT2D eigenvalue weighted by atomic mass is 9.94. The Balaban J connectivity index is 2.38. The number of nitrogens with zero attached hydrogens (tertiary/aromatic N) is 3. The molecule has 0 unspecified atom stereocenters. The third-order valence-corrected chi connectivity index (χ3v) is 2.94. The lowest BCUT2D eigenvalue weighted by Gasteiger charge is -2.31. The maximum Gasteiger partial charge on any atom is 0.332 e. The van der Waals surface area contributed by atoms with E-state index in [1.54, 1.807) is 0 Å². The fourth-order valence-corrected chi connectivity index (χ4v) is 1.81. The minimum atomic E-state index is -1.52. The maximum atomic E-state index is 12.2. The number of hydrogen-bond acceptors (Lipinski definition) is 5. The lowest BCUT2D eigenvalue weighted by Crippen LogP contribution is -2.58. The molecule has 1 aliphatic rings. The molecular weight excluding hydrogens is 250 g/mol. The molecule has 0 aliphatic carbocycles. The number of amides is 4. The smallest absolute Gasteiger partial charge is 0.293 e. The average Bonchev–Trinajstić information content (AvgIpc) is 2.44. The van der Waals surface area contributed by atoms with Crippen LogP contribution >= 0.6 is 0 Å². The number of ketones is 1. The van der Waals surface area contributed by atoms with Gasteiger partial charge in [-0.3, -0.25) is 29.2 Å². The van der Waals surface area contributed by atoms with Gasteiger partial charge in [-0.25, -0.2) is 4.79 Å². The van der Waals surface area contributed by atoms with Crippen molar-refractivity contribution in [2.24, 2.45) is 5.92 Å². The van der Waals surface area contributed by atoms with Gasteiger partial charge in [0, 0.05) is 32.1 Å². The predicted molar refractivity (Wildman–Crippen MR) is 63.0 cm³/mol. The molecular formula is C12H11N3O4. The van der Waals surface area contributed by atoms with Crippen molar-refractivity contribution in [2.75, 3.05) is 14.1 Å². The van der Waals surface area contributed by atoms with Crippen molar-refractivity contribution in [3.63, 3.8) is 0 Å². The van der Waals surface area contributed by atoms with E-state index in [-0.39, 0.29) is 5.56 Å². The summed E-state index contributed by atoms with van der Waals surface area (Å²) in [7, 11) is 2.47. The van der Waals surface area contributed by atoms with Crippen LogP contribution in [0.1, 0.15) is 10.4 Å². The highest BCUT2D eigenvalue weighted by atomic mass is 16.2. The summed E-state index contributed by atoms with van der Waals surface area (Å²) in [4.78, 5) is 52.8. The zero-order chi connectivity index (χ0) is 14.2. The van der Waals surface area contributed by atoms with E-state index in [9.17, 15) is 19.2 Å². The van der Waals surface area contributed by atoms with Crippen LogP contribution in [0, 0.1) is 5.92 Å². The topological polar surface area (TPSA) is 87.7 Å². The highest BCUT2D eigenvalue weighted by Crippen LogP contribution is 2.19. The van der Waals surface area contributed by atoms with E-state index >= 15 is 0 Å². The van der Waals surface area contributed by atoms with Crippen molar-refractivity contribution in [1.82, 2.24) is 14.8 Å². The molecule has 2 heterocycles.